The van der Waals surface area contributed by atoms with Crippen molar-refractivity contribution in [3.05, 3.63) is 63.2 Å². The van der Waals surface area contributed by atoms with Crippen LogP contribution in [0.2, 0.25) is 5.02 Å². The number of hydrogen-bond donors (Lipinski definition) is 1. The van der Waals surface area contributed by atoms with Crippen LogP contribution in [-0.2, 0) is 9.53 Å². The van der Waals surface area contributed by atoms with Crippen molar-refractivity contribution in [2.45, 2.75) is 6.92 Å². The Morgan fingerprint density at radius 1 is 1.06 bits per heavy atom. The highest BCUT2D eigenvalue weighted by Crippen LogP contribution is 2.44. The lowest BCUT2D eigenvalue weighted by atomic mass is 10.1. The first-order valence-electron chi connectivity index (χ1n) is 9.57. The van der Waals surface area contributed by atoms with Gasteiger partial charge in [-0.3, -0.25) is 0 Å². The van der Waals surface area contributed by atoms with Gasteiger partial charge in [0.15, 0.2) is 11.5 Å². The molecule has 0 amide bonds. The number of rotatable bonds is 7. The molecular formula is C23H22ClNO6S. The molecule has 3 rings (SSSR count). The van der Waals surface area contributed by atoms with E-state index in [1.165, 1.54) is 21.3 Å². The number of benzene rings is 2. The van der Waals surface area contributed by atoms with E-state index in [-0.39, 0.29) is 17.9 Å². The first kappa shape index (κ1) is 23.6. The highest BCUT2D eigenvalue weighted by molar-refractivity contribution is 8.18. The Kier molecular flexibility index (Phi) is 7.71. The van der Waals surface area contributed by atoms with Gasteiger partial charge in [-0.2, -0.15) is 0 Å². The van der Waals surface area contributed by atoms with Gasteiger partial charge in [-0.15, -0.1) is 0 Å². The van der Waals surface area contributed by atoms with Crippen LogP contribution in [0.5, 0.6) is 17.2 Å². The molecule has 0 fully saturated rings. The second-order valence-corrected chi connectivity index (χ2v) is 7.84. The third-order valence-electron chi connectivity index (χ3n) is 4.45. The van der Waals surface area contributed by atoms with Gasteiger partial charge >= 0.3 is 5.97 Å². The Morgan fingerprint density at radius 2 is 1.75 bits per heavy atom. The van der Waals surface area contributed by atoms with Crippen molar-refractivity contribution in [1.82, 2.24) is 0 Å². The molecule has 9 heteroatoms. The summed E-state index contributed by atoms with van der Waals surface area (Å²) in [6.07, 6.45) is 1.68. The number of methoxy groups -OCH3 is 3. The topological polar surface area (TPSA) is 86.6 Å². The Balaban J connectivity index is 2.11. The highest BCUT2D eigenvalue weighted by atomic mass is 35.5. The van der Waals surface area contributed by atoms with Crippen molar-refractivity contribution in [3.63, 3.8) is 0 Å². The Hall–Kier alpha value is -3.10. The number of aliphatic hydroxyl groups excluding tert-OH is 1. The van der Waals surface area contributed by atoms with Crippen LogP contribution in [0, 0.1) is 0 Å². The summed E-state index contributed by atoms with van der Waals surface area (Å²) in [5, 5.41) is 11.8. The van der Waals surface area contributed by atoms with E-state index in [0.717, 1.165) is 11.8 Å². The van der Waals surface area contributed by atoms with E-state index in [0.29, 0.717) is 43.5 Å². The molecule has 0 saturated carbocycles. The minimum atomic E-state index is -0.659. The smallest absolute Gasteiger partial charge is 0.344 e. The zero-order chi connectivity index (χ0) is 23.3. The molecule has 7 nitrogen and oxygen atoms in total. The molecule has 0 aromatic heterocycles. The van der Waals surface area contributed by atoms with Gasteiger partial charge in [0.05, 0.1) is 38.5 Å². The molecule has 1 aliphatic heterocycles. The molecule has 0 bridgehead atoms. The lowest BCUT2D eigenvalue weighted by Crippen LogP contribution is -2.12. The predicted octanol–water partition coefficient (Wildman–Crippen LogP) is 5.56. The first-order chi connectivity index (χ1) is 15.4. The van der Waals surface area contributed by atoms with Crippen LogP contribution in [0.15, 0.2) is 57.6 Å². The van der Waals surface area contributed by atoms with E-state index in [1.54, 1.807) is 49.4 Å². The maximum absolute atomic E-state index is 12.6. The number of esters is 1. The summed E-state index contributed by atoms with van der Waals surface area (Å²) in [5.41, 5.74) is 1.20. The van der Waals surface area contributed by atoms with Crippen molar-refractivity contribution in [2.24, 2.45) is 4.99 Å². The Morgan fingerprint density at radius 3 is 2.34 bits per heavy atom. The third kappa shape index (κ3) is 4.87. The average Bonchev–Trinajstić information content (AvgIpc) is 3.09. The summed E-state index contributed by atoms with van der Waals surface area (Å²) >= 11 is 7.09. The highest BCUT2D eigenvalue weighted by Gasteiger charge is 2.33. The largest absolute Gasteiger partial charge is 0.506 e. The molecule has 0 radical (unpaired) electrons. The number of ether oxygens (including phenoxy) is 4. The van der Waals surface area contributed by atoms with Crippen LogP contribution >= 0.6 is 23.4 Å². The maximum Gasteiger partial charge on any atom is 0.344 e. The zero-order valence-electron chi connectivity index (χ0n) is 18.0. The molecule has 2 aromatic rings. The third-order valence-corrected chi connectivity index (χ3v) is 5.72. The van der Waals surface area contributed by atoms with Crippen molar-refractivity contribution in [2.75, 3.05) is 27.9 Å². The van der Waals surface area contributed by atoms with Crippen LogP contribution in [0.3, 0.4) is 0 Å². The summed E-state index contributed by atoms with van der Waals surface area (Å²) in [6, 6.07) is 10.3. The molecule has 0 atom stereocenters. The van der Waals surface area contributed by atoms with Crippen LogP contribution in [0.4, 0.5) is 5.69 Å². The van der Waals surface area contributed by atoms with Crippen molar-refractivity contribution < 1.29 is 28.8 Å². The number of aliphatic imine (C=N–C) groups is 1. The number of carbonyl (C=O) groups is 1. The number of carbonyl (C=O) groups excluding carboxylic acids is 1. The lowest BCUT2D eigenvalue weighted by molar-refractivity contribution is -0.138. The van der Waals surface area contributed by atoms with Crippen LogP contribution in [-0.4, -0.2) is 44.1 Å². The first-order valence-corrected chi connectivity index (χ1v) is 10.8. The van der Waals surface area contributed by atoms with Crippen molar-refractivity contribution >= 4 is 46.1 Å². The summed E-state index contributed by atoms with van der Waals surface area (Å²) in [6.45, 7) is 1.86. The van der Waals surface area contributed by atoms with Gasteiger partial charge in [0.2, 0.25) is 5.75 Å². The van der Waals surface area contributed by atoms with Crippen LogP contribution < -0.4 is 14.2 Å². The SMILES string of the molecule is CCOC(=O)C1=C(O)C(=Cc2ccc(OC)c(OC)c2OC)SC1=Nc1ccc(Cl)cc1. The molecule has 1 heterocycles. The monoisotopic (exact) mass is 475 g/mol. The summed E-state index contributed by atoms with van der Waals surface area (Å²) in [7, 11) is 4.55. The van der Waals surface area contributed by atoms with E-state index in [4.69, 9.17) is 30.5 Å². The fraction of sp³-hybridized carbons (Fsp3) is 0.217. The summed E-state index contributed by atoms with van der Waals surface area (Å²) in [4.78, 5) is 17.5. The quantitative estimate of drug-likeness (QED) is 0.524. The van der Waals surface area contributed by atoms with Gasteiger partial charge in [-0.1, -0.05) is 23.4 Å². The maximum atomic E-state index is 12.6. The fourth-order valence-corrected chi connectivity index (χ4v) is 4.16. The Bertz CT molecular complexity index is 1110. The molecule has 0 spiro atoms. The summed E-state index contributed by atoms with van der Waals surface area (Å²) < 4.78 is 21.4. The van der Waals surface area contributed by atoms with Gasteiger partial charge in [0, 0.05) is 10.6 Å². The second-order valence-electron chi connectivity index (χ2n) is 6.37. The molecule has 0 saturated heterocycles. The van der Waals surface area contributed by atoms with Crippen LogP contribution in [0.1, 0.15) is 12.5 Å². The molecule has 0 aliphatic carbocycles. The molecule has 0 unspecified atom stereocenters. The van der Waals surface area contributed by atoms with Crippen molar-refractivity contribution in [3.8, 4) is 17.2 Å². The molecule has 168 valence electrons. The van der Waals surface area contributed by atoms with Crippen molar-refractivity contribution in [1.29, 1.82) is 0 Å². The van der Waals surface area contributed by atoms with Gasteiger partial charge in [0.1, 0.15) is 16.4 Å². The molecule has 1 N–H and O–H groups in total. The minimum absolute atomic E-state index is 0.00232. The van der Waals surface area contributed by atoms with Gasteiger partial charge in [-0.25, -0.2) is 9.79 Å². The van der Waals surface area contributed by atoms with Gasteiger partial charge < -0.3 is 24.1 Å². The van der Waals surface area contributed by atoms with Crippen LogP contribution in [0.25, 0.3) is 6.08 Å². The predicted molar refractivity (Wildman–Crippen MR) is 127 cm³/mol. The molecular weight excluding hydrogens is 454 g/mol. The number of thioether (sulfide) groups is 1. The standard InChI is InChI=1S/C23H22ClNO6S/c1-5-31-23(27)18-19(26)17(32-22(18)25-15-9-7-14(24)8-10-15)12-13-6-11-16(28-2)21(30-4)20(13)29-3/h6-12,26H,5H2,1-4H3. The molecule has 32 heavy (non-hydrogen) atoms. The Labute approximate surface area is 195 Å². The van der Waals surface area contributed by atoms with Gasteiger partial charge in [-0.05, 0) is 49.4 Å². The second kappa shape index (κ2) is 10.5. The minimum Gasteiger partial charge on any atom is -0.506 e. The van der Waals surface area contributed by atoms with E-state index in [1.807, 2.05) is 0 Å². The lowest BCUT2D eigenvalue weighted by Gasteiger charge is -2.14. The number of aliphatic hydroxyl groups is 1. The number of hydrogen-bond acceptors (Lipinski definition) is 8. The molecule has 1 aliphatic rings. The fourth-order valence-electron chi connectivity index (χ4n) is 3.00. The van der Waals surface area contributed by atoms with E-state index in [2.05, 4.69) is 4.99 Å². The number of nitrogens with zero attached hydrogens (tertiary/aromatic N) is 1. The number of halogens is 1. The summed E-state index contributed by atoms with van der Waals surface area (Å²) in [5.74, 6) is 0.457. The van der Waals surface area contributed by atoms with E-state index in [9.17, 15) is 9.90 Å². The normalized spacial score (nSPS) is 15.9. The van der Waals surface area contributed by atoms with Gasteiger partial charge in [0.25, 0.3) is 0 Å². The average molecular weight is 476 g/mol. The molecule has 2 aromatic carbocycles. The zero-order valence-corrected chi connectivity index (χ0v) is 19.5. The van der Waals surface area contributed by atoms with E-state index >= 15 is 0 Å². The van der Waals surface area contributed by atoms with E-state index < -0.39 is 5.97 Å².